The summed E-state index contributed by atoms with van der Waals surface area (Å²) in [5, 5.41) is 4.22. The molecule has 0 aliphatic rings. The number of hydrogen-bond donors (Lipinski definition) is 2. The lowest BCUT2D eigenvalue weighted by Gasteiger charge is -2.19. The third kappa shape index (κ3) is 4.00. The molecule has 3 aromatic rings. The minimum Gasteiger partial charge on any atom is -0.306 e. The molecule has 2 heterocycles. The van der Waals surface area contributed by atoms with Crippen molar-refractivity contribution in [2.75, 3.05) is 17.6 Å². The zero-order valence-electron chi connectivity index (χ0n) is 16.3. The van der Waals surface area contributed by atoms with Crippen LogP contribution in [0.25, 0.3) is 22.2 Å². The summed E-state index contributed by atoms with van der Waals surface area (Å²) in [5.41, 5.74) is 1.17. The molecule has 0 amide bonds. The van der Waals surface area contributed by atoms with Gasteiger partial charge in [0.15, 0.2) is 0 Å². The van der Waals surface area contributed by atoms with Crippen molar-refractivity contribution in [1.82, 2.24) is 19.4 Å². The Bertz CT molecular complexity index is 1210. The third-order valence-corrected chi connectivity index (χ3v) is 4.91. The predicted octanol–water partition coefficient (Wildman–Crippen LogP) is 2.13. The van der Waals surface area contributed by atoms with E-state index in [9.17, 15) is 22.6 Å². The molecule has 1 atom stereocenters. The molecule has 0 saturated heterocycles. The van der Waals surface area contributed by atoms with E-state index in [1.807, 2.05) is 13.8 Å². The standard InChI is InChI=1S/C18H21F2N5O3S/c1-10(2)24-15(5-6-21-24)11-7-12-14(8-13(11)18(3,19)20)23-17(27)25(16(12)26)22-9-29(4)28/h5-8,10,22H,9H2,1-4H3,(H,23,27). The summed E-state index contributed by atoms with van der Waals surface area (Å²) in [6.45, 7) is 4.48. The van der Waals surface area contributed by atoms with Crippen molar-refractivity contribution in [3.8, 4) is 11.3 Å². The van der Waals surface area contributed by atoms with E-state index >= 15 is 0 Å². The first-order chi connectivity index (χ1) is 13.5. The largest absolute Gasteiger partial charge is 0.347 e. The minimum atomic E-state index is -3.22. The Balaban J connectivity index is 2.35. The number of aromatic nitrogens is 4. The van der Waals surface area contributed by atoms with Crippen LogP contribution in [-0.4, -0.2) is 35.8 Å². The topological polar surface area (TPSA) is 102 Å². The van der Waals surface area contributed by atoms with Gasteiger partial charge >= 0.3 is 5.69 Å². The maximum Gasteiger partial charge on any atom is 0.347 e. The first-order valence-corrected chi connectivity index (χ1v) is 10.5. The predicted molar refractivity (Wildman–Crippen MR) is 108 cm³/mol. The number of H-pyrrole nitrogens is 1. The molecule has 1 aromatic carbocycles. The zero-order valence-corrected chi connectivity index (χ0v) is 17.1. The van der Waals surface area contributed by atoms with Gasteiger partial charge in [0, 0.05) is 47.3 Å². The van der Waals surface area contributed by atoms with Crippen LogP contribution in [0.5, 0.6) is 0 Å². The molecule has 0 bridgehead atoms. The Kier molecular flexibility index (Phi) is 5.44. The SMILES string of the molecule is CC(C)n1nccc1-c1cc2c(=O)n(NCS(C)=O)c(=O)[nH]c2cc1C(C)(F)F. The molecule has 2 aromatic heterocycles. The fourth-order valence-electron chi connectivity index (χ4n) is 3.08. The number of hydrogen-bond acceptors (Lipinski definition) is 5. The second kappa shape index (κ2) is 7.54. The van der Waals surface area contributed by atoms with Gasteiger partial charge in [-0.15, -0.1) is 0 Å². The van der Waals surface area contributed by atoms with E-state index in [2.05, 4.69) is 15.5 Å². The van der Waals surface area contributed by atoms with E-state index in [1.54, 1.807) is 10.7 Å². The first kappa shape index (κ1) is 20.9. The van der Waals surface area contributed by atoms with Gasteiger partial charge in [0.2, 0.25) is 0 Å². The molecule has 0 radical (unpaired) electrons. The van der Waals surface area contributed by atoms with Crippen LogP contribution in [-0.2, 0) is 16.7 Å². The summed E-state index contributed by atoms with van der Waals surface area (Å²) in [6.07, 6.45) is 2.91. The quantitative estimate of drug-likeness (QED) is 0.630. The maximum absolute atomic E-state index is 14.4. The van der Waals surface area contributed by atoms with Crippen molar-refractivity contribution >= 4 is 21.7 Å². The zero-order chi connectivity index (χ0) is 21.5. The summed E-state index contributed by atoms with van der Waals surface area (Å²) in [5.74, 6) is -3.34. The molecule has 156 valence electrons. The molecule has 29 heavy (non-hydrogen) atoms. The molecular formula is C18H21F2N5O3S. The molecule has 0 aliphatic heterocycles. The van der Waals surface area contributed by atoms with Gasteiger partial charge in [-0.3, -0.25) is 13.7 Å². The van der Waals surface area contributed by atoms with Gasteiger partial charge < -0.3 is 10.4 Å². The molecule has 0 fully saturated rings. The van der Waals surface area contributed by atoms with Crippen LogP contribution in [0.1, 0.15) is 32.4 Å². The molecule has 2 N–H and O–H groups in total. The number of aromatic amines is 1. The van der Waals surface area contributed by atoms with Crippen molar-refractivity contribution in [2.24, 2.45) is 0 Å². The summed E-state index contributed by atoms with van der Waals surface area (Å²) in [4.78, 5) is 27.5. The molecular weight excluding hydrogens is 404 g/mol. The lowest BCUT2D eigenvalue weighted by atomic mass is 9.97. The van der Waals surface area contributed by atoms with E-state index in [-0.39, 0.29) is 33.9 Å². The lowest BCUT2D eigenvalue weighted by molar-refractivity contribution is 0.0181. The van der Waals surface area contributed by atoms with Crippen LogP contribution in [0.15, 0.2) is 34.0 Å². The number of nitrogens with zero attached hydrogens (tertiary/aromatic N) is 3. The fourth-order valence-corrected chi connectivity index (χ4v) is 3.39. The Morgan fingerprint density at radius 1 is 1.31 bits per heavy atom. The van der Waals surface area contributed by atoms with E-state index < -0.39 is 28.0 Å². The number of nitrogens with one attached hydrogen (secondary N) is 2. The maximum atomic E-state index is 14.4. The fraction of sp³-hybridized carbons (Fsp3) is 0.389. The highest BCUT2D eigenvalue weighted by Crippen LogP contribution is 2.37. The average molecular weight is 425 g/mol. The van der Waals surface area contributed by atoms with E-state index in [0.29, 0.717) is 10.4 Å². The highest BCUT2D eigenvalue weighted by Gasteiger charge is 2.30. The van der Waals surface area contributed by atoms with Crippen molar-refractivity contribution in [2.45, 2.75) is 32.7 Å². The van der Waals surface area contributed by atoms with Gasteiger partial charge in [0.05, 0.1) is 16.6 Å². The first-order valence-electron chi connectivity index (χ1n) is 8.80. The molecule has 0 saturated carbocycles. The van der Waals surface area contributed by atoms with Gasteiger partial charge in [-0.25, -0.2) is 13.6 Å². The second-order valence-electron chi connectivity index (χ2n) is 7.03. The van der Waals surface area contributed by atoms with Crippen molar-refractivity contribution in [3.63, 3.8) is 0 Å². The van der Waals surface area contributed by atoms with Gasteiger partial charge in [-0.2, -0.15) is 9.77 Å². The summed E-state index contributed by atoms with van der Waals surface area (Å²) in [7, 11) is -1.30. The van der Waals surface area contributed by atoms with E-state index in [0.717, 1.165) is 13.0 Å². The van der Waals surface area contributed by atoms with Crippen LogP contribution in [0, 0.1) is 0 Å². The second-order valence-corrected chi connectivity index (χ2v) is 8.47. The summed E-state index contributed by atoms with van der Waals surface area (Å²) < 4.78 is 42.4. The molecule has 1 unspecified atom stereocenters. The number of fused-ring (bicyclic) bond motifs is 1. The van der Waals surface area contributed by atoms with Crippen LogP contribution >= 0.6 is 0 Å². The summed E-state index contributed by atoms with van der Waals surface area (Å²) >= 11 is 0. The average Bonchev–Trinajstić information content (AvgIpc) is 3.09. The molecule has 0 aliphatic carbocycles. The normalized spacial score (nSPS) is 13.2. The molecule has 0 spiro atoms. The van der Waals surface area contributed by atoms with Crippen LogP contribution in [0.2, 0.25) is 0 Å². The number of halogens is 2. The third-order valence-electron chi connectivity index (χ3n) is 4.37. The monoisotopic (exact) mass is 425 g/mol. The Morgan fingerprint density at radius 3 is 2.59 bits per heavy atom. The number of benzene rings is 1. The molecule has 8 nitrogen and oxygen atoms in total. The van der Waals surface area contributed by atoms with Crippen LogP contribution in [0.3, 0.4) is 0 Å². The van der Waals surface area contributed by atoms with Gasteiger partial charge in [0.25, 0.3) is 11.5 Å². The van der Waals surface area contributed by atoms with Gasteiger partial charge in [0.1, 0.15) is 5.88 Å². The Hall–Kier alpha value is -2.82. The Morgan fingerprint density at radius 2 is 2.00 bits per heavy atom. The van der Waals surface area contributed by atoms with E-state index in [4.69, 9.17) is 0 Å². The molecule has 11 heteroatoms. The van der Waals surface area contributed by atoms with Gasteiger partial charge in [-0.05, 0) is 32.0 Å². The highest BCUT2D eigenvalue weighted by atomic mass is 32.2. The molecule has 3 rings (SSSR count). The van der Waals surface area contributed by atoms with Crippen LogP contribution < -0.4 is 16.7 Å². The number of rotatable bonds is 6. The number of alkyl halides is 2. The Labute approximate surface area is 167 Å². The van der Waals surface area contributed by atoms with E-state index in [1.165, 1.54) is 18.5 Å². The van der Waals surface area contributed by atoms with Crippen molar-refractivity contribution in [1.29, 1.82) is 0 Å². The van der Waals surface area contributed by atoms with Crippen molar-refractivity contribution in [3.05, 3.63) is 50.8 Å². The van der Waals surface area contributed by atoms with Crippen molar-refractivity contribution < 1.29 is 13.0 Å². The lowest BCUT2D eigenvalue weighted by Crippen LogP contribution is -2.42. The minimum absolute atomic E-state index is 0.00782. The summed E-state index contributed by atoms with van der Waals surface area (Å²) in [6, 6.07) is 3.95. The highest BCUT2D eigenvalue weighted by molar-refractivity contribution is 7.84. The van der Waals surface area contributed by atoms with Crippen LogP contribution in [0.4, 0.5) is 8.78 Å². The smallest absolute Gasteiger partial charge is 0.306 e. The van der Waals surface area contributed by atoms with Gasteiger partial charge in [-0.1, -0.05) is 0 Å².